The maximum atomic E-state index is 6.23. The third-order valence-electron chi connectivity index (χ3n) is 3.08. The van der Waals surface area contributed by atoms with Crippen LogP contribution < -0.4 is 5.73 Å². The van der Waals surface area contributed by atoms with Crippen LogP contribution in [-0.4, -0.2) is 15.2 Å². The van der Waals surface area contributed by atoms with Crippen LogP contribution in [0.25, 0.3) is 10.7 Å². The lowest BCUT2D eigenvalue weighted by Crippen LogP contribution is -2.11. The fourth-order valence-electron chi connectivity index (χ4n) is 1.97. The Labute approximate surface area is 121 Å². The number of aromatic nitrogens is 3. The van der Waals surface area contributed by atoms with Crippen molar-refractivity contribution in [2.24, 2.45) is 5.73 Å². The molecule has 0 aliphatic heterocycles. The monoisotopic (exact) mass is 282 g/mol. The Balaban J connectivity index is 1.93. The summed E-state index contributed by atoms with van der Waals surface area (Å²) in [5.74, 6) is 0. The first-order chi connectivity index (χ1) is 9.75. The summed E-state index contributed by atoms with van der Waals surface area (Å²) < 4.78 is 0. The summed E-state index contributed by atoms with van der Waals surface area (Å²) in [6.07, 6.45) is 1.76. The van der Waals surface area contributed by atoms with Crippen molar-refractivity contribution in [2.45, 2.75) is 13.0 Å². The molecule has 3 aromatic rings. The second-order valence-corrected chi connectivity index (χ2v) is 5.51. The molecule has 3 rings (SSSR count). The molecule has 0 saturated heterocycles. The Morgan fingerprint density at radius 2 is 1.85 bits per heavy atom. The zero-order chi connectivity index (χ0) is 13.9. The summed E-state index contributed by atoms with van der Waals surface area (Å²) in [5.41, 5.74) is 9.23. The fraction of sp³-hybridized carbons (Fsp3) is 0.133. The second kappa shape index (κ2) is 5.48. The summed E-state index contributed by atoms with van der Waals surface area (Å²) in [5, 5.41) is 10.0. The number of aryl methyl sites for hydroxylation is 1. The summed E-state index contributed by atoms with van der Waals surface area (Å²) >= 11 is 1.49. The molecule has 1 atom stereocenters. The number of pyridine rings is 1. The molecule has 5 heteroatoms. The van der Waals surface area contributed by atoms with Crippen LogP contribution in [-0.2, 0) is 0 Å². The molecule has 0 bridgehead atoms. The van der Waals surface area contributed by atoms with E-state index in [0.29, 0.717) is 0 Å². The number of hydrogen-bond donors (Lipinski definition) is 1. The predicted octanol–water partition coefficient (Wildman–Crippen LogP) is 2.96. The highest BCUT2D eigenvalue weighted by atomic mass is 32.1. The number of rotatable bonds is 3. The van der Waals surface area contributed by atoms with Crippen molar-refractivity contribution in [1.29, 1.82) is 0 Å². The third-order valence-corrected chi connectivity index (χ3v) is 4.09. The van der Waals surface area contributed by atoms with Gasteiger partial charge in [0.25, 0.3) is 0 Å². The largest absolute Gasteiger partial charge is 0.318 e. The highest BCUT2D eigenvalue weighted by Crippen LogP contribution is 2.28. The molecule has 0 spiro atoms. The van der Waals surface area contributed by atoms with E-state index < -0.39 is 0 Å². The molecule has 4 nitrogen and oxygen atoms in total. The minimum atomic E-state index is -0.244. The summed E-state index contributed by atoms with van der Waals surface area (Å²) in [6.45, 7) is 2.01. The van der Waals surface area contributed by atoms with Crippen molar-refractivity contribution in [3.63, 3.8) is 0 Å². The van der Waals surface area contributed by atoms with Gasteiger partial charge in [0.2, 0.25) is 0 Å². The van der Waals surface area contributed by atoms with Gasteiger partial charge in [0.05, 0.1) is 6.04 Å². The first-order valence-corrected chi connectivity index (χ1v) is 7.13. The van der Waals surface area contributed by atoms with Crippen molar-refractivity contribution in [2.75, 3.05) is 0 Å². The smallest absolute Gasteiger partial charge is 0.166 e. The van der Waals surface area contributed by atoms with Crippen LogP contribution in [0.15, 0.2) is 48.7 Å². The van der Waals surface area contributed by atoms with Crippen LogP contribution in [0.1, 0.15) is 22.2 Å². The molecular formula is C15H14N4S. The first kappa shape index (κ1) is 12.9. The molecular weight excluding hydrogens is 268 g/mol. The van der Waals surface area contributed by atoms with E-state index in [-0.39, 0.29) is 6.04 Å². The Hall–Kier alpha value is -2.11. The van der Waals surface area contributed by atoms with E-state index in [1.54, 1.807) is 6.20 Å². The van der Waals surface area contributed by atoms with Crippen molar-refractivity contribution >= 4 is 11.3 Å². The summed E-state index contributed by atoms with van der Waals surface area (Å²) in [4.78, 5) is 4.36. The molecule has 2 aromatic heterocycles. The molecule has 2 heterocycles. The second-order valence-electron chi connectivity index (χ2n) is 4.50. The number of hydrogen-bond acceptors (Lipinski definition) is 5. The fourth-order valence-corrected chi connectivity index (χ4v) is 2.90. The van der Waals surface area contributed by atoms with Gasteiger partial charge in [-0.15, -0.1) is 10.2 Å². The SMILES string of the molecule is Cc1cccnc1-c1nnc(C(N)c2ccccc2)s1. The van der Waals surface area contributed by atoms with Gasteiger partial charge in [-0.2, -0.15) is 0 Å². The Morgan fingerprint density at radius 3 is 2.60 bits per heavy atom. The van der Waals surface area contributed by atoms with E-state index in [2.05, 4.69) is 15.2 Å². The Bertz CT molecular complexity index is 709. The molecule has 2 N–H and O–H groups in total. The lowest BCUT2D eigenvalue weighted by molar-refractivity contribution is 0.830. The summed E-state index contributed by atoms with van der Waals surface area (Å²) in [6, 6.07) is 13.6. The van der Waals surface area contributed by atoms with Crippen LogP contribution >= 0.6 is 11.3 Å². The van der Waals surface area contributed by atoms with Crippen LogP contribution in [0.2, 0.25) is 0 Å². The lowest BCUT2D eigenvalue weighted by atomic mass is 10.1. The standard InChI is InChI=1S/C15H14N4S/c1-10-6-5-9-17-13(10)15-19-18-14(20-15)12(16)11-7-3-2-4-8-11/h2-9,12H,16H2,1H3. The van der Waals surface area contributed by atoms with Gasteiger partial charge in [-0.3, -0.25) is 4.98 Å². The molecule has 1 unspecified atom stereocenters. The van der Waals surface area contributed by atoms with Crippen molar-refractivity contribution in [3.05, 3.63) is 64.8 Å². The van der Waals surface area contributed by atoms with Gasteiger partial charge in [0, 0.05) is 6.20 Å². The maximum absolute atomic E-state index is 6.23. The number of benzene rings is 1. The van der Waals surface area contributed by atoms with E-state index in [4.69, 9.17) is 5.73 Å². The van der Waals surface area contributed by atoms with E-state index in [1.807, 2.05) is 49.4 Å². The van der Waals surface area contributed by atoms with Crippen molar-refractivity contribution in [1.82, 2.24) is 15.2 Å². The Kier molecular flexibility index (Phi) is 3.54. The lowest BCUT2D eigenvalue weighted by Gasteiger charge is -2.06. The molecule has 0 radical (unpaired) electrons. The quantitative estimate of drug-likeness (QED) is 0.802. The molecule has 0 amide bonds. The van der Waals surface area contributed by atoms with Crippen LogP contribution in [0.4, 0.5) is 0 Å². The van der Waals surface area contributed by atoms with Gasteiger partial charge < -0.3 is 5.73 Å². The maximum Gasteiger partial charge on any atom is 0.166 e. The molecule has 0 aliphatic carbocycles. The van der Waals surface area contributed by atoms with Gasteiger partial charge >= 0.3 is 0 Å². The van der Waals surface area contributed by atoms with Crippen LogP contribution in [0.3, 0.4) is 0 Å². The molecule has 100 valence electrons. The first-order valence-electron chi connectivity index (χ1n) is 6.31. The minimum Gasteiger partial charge on any atom is -0.318 e. The van der Waals surface area contributed by atoms with E-state index >= 15 is 0 Å². The van der Waals surface area contributed by atoms with Gasteiger partial charge in [-0.1, -0.05) is 47.7 Å². The average molecular weight is 282 g/mol. The molecule has 0 saturated carbocycles. The van der Waals surface area contributed by atoms with E-state index in [0.717, 1.165) is 26.8 Å². The summed E-state index contributed by atoms with van der Waals surface area (Å²) in [7, 11) is 0. The minimum absolute atomic E-state index is 0.244. The van der Waals surface area contributed by atoms with Gasteiger partial charge in [-0.05, 0) is 24.1 Å². The van der Waals surface area contributed by atoms with E-state index in [1.165, 1.54) is 11.3 Å². The predicted molar refractivity (Wildman–Crippen MR) is 80.3 cm³/mol. The zero-order valence-corrected chi connectivity index (χ0v) is 11.8. The van der Waals surface area contributed by atoms with Crippen molar-refractivity contribution in [3.8, 4) is 10.7 Å². The Morgan fingerprint density at radius 1 is 1.05 bits per heavy atom. The van der Waals surface area contributed by atoms with Crippen molar-refractivity contribution < 1.29 is 0 Å². The molecule has 20 heavy (non-hydrogen) atoms. The molecule has 1 aromatic carbocycles. The topological polar surface area (TPSA) is 64.7 Å². The van der Waals surface area contributed by atoms with Gasteiger partial charge in [0.1, 0.15) is 10.7 Å². The van der Waals surface area contributed by atoms with Crippen LogP contribution in [0, 0.1) is 6.92 Å². The molecule has 0 aliphatic rings. The zero-order valence-electron chi connectivity index (χ0n) is 11.0. The molecule has 0 fully saturated rings. The van der Waals surface area contributed by atoms with E-state index in [9.17, 15) is 0 Å². The third kappa shape index (κ3) is 2.45. The number of nitrogens with zero attached hydrogens (tertiary/aromatic N) is 3. The van der Waals surface area contributed by atoms with Gasteiger partial charge in [-0.25, -0.2) is 0 Å². The highest BCUT2D eigenvalue weighted by Gasteiger charge is 2.16. The number of nitrogens with two attached hydrogens (primary N) is 1. The van der Waals surface area contributed by atoms with Gasteiger partial charge in [0.15, 0.2) is 5.01 Å². The van der Waals surface area contributed by atoms with Crippen LogP contribution in [0.5, 0.6) is 0 Å². The normalized spacial score (nSPS) is 12.3. The average Bonchev–Trinajstić information content (AvgIpc) is 2.97. The highest BCUT2D eigenvalue weighted by molar-refractivity contribution is 7.14.